The Morgan fingerprint density at radius 2 is 2.42 bits per heavy atom. The quantitative estimate of drug-likeness (QED) is 0.553. The maximum absolute atomic E-state index is 4.01. The molecule has 0 nitrogen and oxygen atoms in total. The van der Waals surface area contributed by atoms with E-state index in [0.717, 1.165) is 11.5 Å². The summed E-state index contributed by atoms with van der Waals surface area (Å²) >= 11 is 0. The summed E-state index contributed by atoms with van der Waals surface area (Å²) in [7, 11) is 0. The minimum absolute atomic E-state index is 0.730. The number of hydrogen-bond donors (Lipinski definition) is 0. The van der Waals surface area contributed by atoms with Crippen molar-refractivity contribution in [1.82, 2.24) is 0 Å². The van der Waals surface area contributed by atoms with Gasteiger partial charge in [0.15, 0.2) is 0 Å². The van der Waals surface area contributed by atoms with E-state index in [9.17, 15) is 0 Å². The van der Waals surface area contributed by atoms with Crippen molar-refractivity contribution in [2.24, 2.45) is 5.92 Å². The highest BCUT2D eigenvalue weighted by atomic mass is 14.2. The Balaban J connectivity index is 2.59. The van der Waals surface area contributed by atoms with Crippen LogP contribution in [0.4, 0.5) is 0 Å². The highest BCUT2D eigenvalue weighted by Gasteiger charge is 2.11. The molecule has 64 valence electrons. The molecular formula is C12H16. The van der Waals surface area contributed by atoms with E-state index in [4.69, 9.17) is 0 Å². The molecule has 1 atom stereocenters. The highest BCUT2D eigenvalue weighted by molar-refractivity contribution is 5.40. The van der Waals surface area contributed by atoms with E-state index in [1.807, 2.05) is 12.2 Å². The van der Waals surface area contributed by atoms with Gasteiger partial charge in [0, 0.05) is 0 Å². The Labute approximate surface area is 75.0 Å². The molecule has 0 aromatic rings. The molecule has 0 aromatic heterocycles. The summed E-state index contributed by atoms with van der Waals surface area (Å²) < 4.78 is 0. The molecule has 1 aliphatic rings. The van der Waals surface area contributed by atoms with Gasteiger partial charge in [-0.1, -0.05) is 44.4 Å². The average molecular weight is 160 g/mol. The average Bonchev–Trinajstić information content (AvgIpc) is 2.47. The molecule has 0 saturated heterocycles. The van der Waals surface area contributed by atoms with Crippen molar-refractivity contribution in [3.05, 3.63) is 48.6 Å². The summed E-state index contributed by atoms with van der Waals surface area (Å²) in [6.45, 7) is 9.88. The number of hydrogen-bond acceptors (Lipinski definition) is 0. The van der Waals surface area contributed by atoms with Crippen LogP contribution in [0.2, 0.25) is 0 Å². The summed E-state index contributed by atoms with van der Waals surface area (Å²) in [6.07, 6.45) is 10.5. The van der Waals surface area contributed by atoms with Crippen LogP contribution >= 0.6 is 0 Å². The molecule has 0 heterocycles. The molecule has 0 amide bonds. The molecular weight excluding hydrogens is 144 g/mol. The van der Waals surface area contributed by atoms with Crippen LogP contribution in [0.3, 0.4) is 0 Å². The lowest BCUT2D eigenvalue weighted by Crippen LogP contribution is -1.78. The Kier molecular flexibility index (Phi) is 3.09. The van der Waals surface area contributed by atoms with Crippen LogP contribution < -0.4 is 0 Å². The van der Waals surface area contributed by atoms with E-state index in [2.05, 4.69) is 26.2 Å². The molecule has 0 bridgehead atoms. The topological polar surface area (TPSA) is 0 Å². The lowest BCUT2D eigenvalue weighted by atomic mass is 10.1. The van der Waals surface area contributed by atoms with Gasteiger partial charge >= 0.3 is 0 Å². The molecule has 0 saturated carbocycles. The lowest BCUT2D eigenvalue weighted by Gasteiger charge is -1.98. The predicted octanol–water partition coefficient (Wildman–Crippen LogP) is 3.64. The Morgan fingerprint density at radius 3 is 2.92 bits per heavy atom. The maximum atomic E-state index is 4.01. The van der Waals surface area contributed by atoms with Gasteiger partial charge in [-0.3, -0.25) is 0 Å². The smallest absolute Gasteiger partial charge is 0.0253 e. The molecule has 0 radical (unpaired) electrons. The Bertz CT molecular complexity index is 241. The summed E-state index contributed by atoms with van der Waals surface area (Å²) in [6, 6.07) is 0. The molecule has 1 aliphatic carbocycles. The second kappa shape index (κ2) is 4.10. The van der Waals surface area contributed by atoms with Gasteiger partial charge in [0.1, 0.15) is 0 Å². The van der Waals surface area contributed by atoms with Crippen molar-refractivity contribution in [2.75, 3.05) is 0 Å². The fourth-order valence-electron chi connectivity index (χ4n) is 1.45. The Hall–Kier alpha value is -1.04. The van der Waals surface area contributed by atoms with Gasteiger partial charge in [0.05, 0.1) is 0 Å². The SMILES string of the molecule is C=C/C=C\C(=C)C1=CC(C)CC1. The first-order valence-corrected chi connectivity index (χ1v) is 4.43. The monoisotopic (exact) mass is 160 g/mol. The maximum Gasteiger partial charge on any atom is -0.0253 e. The normalized spacial score (nSPS) is 22.8. The van der Waals surface area contributed by atoms with Crippen LogP contribution in [0, 0.1) is 5.92 Å². The number of allylic oxidation sites excluding steroid dienone is 6. The third kappa shape index (κ3) is 2.23. The first kappa shape index (κ1) is 9.05. The van der Waals surface area contributed by atoms with Crippen LogP contribution in [0.25, 0.3) is 0 Å². The van der Waals surface area contributed by atoms with E-state index >= 15 is 0 Å². The molecule has 0 aliphatic heterocycles. The zero-order chi connectivity index (χ0) is 8.97. The van der Waals surface area contributed by atoms with Gasteiger partial charge in [-0.25, -0.2) is 0 Å². The molecule has 1 rings (SSSR count). The summed E-state index contributed by atoms with van der Waals surface area (Å²) in [5.41, 5.74) is 2.54. The zero-order valence-corrected chi connectivity index (χ0v) is 7.72. The summed E-state index contributed by atoms with van der Waals surface area (Å²) in [4.78, 5) is 0. The predicted molar refractivity (Wildman–Crippen MR) is 55.0 cm³/mol. The van der Waals surface area contributed by atoms with E-state index < -0.39 is 0 Å². The van der Waals surface area contributed by atoms with Crippen molar-refractivity contribution >= 4 is 0 Å². The molecule has 0 spiro atoms. The first-order chi connectivity index (χ1) is 5.74. The second-order valence-corrected chi connectivity index (χ2v) is 3.33. The van der Waals surface area contributed by atoms with Crippen LogP contribution in [-0.2, 0) is 0 Å². The fourth-order valence-corrected chi connectivity index (χ4v) is 1.45. The summed E-state index contributed by atoms with van der Waals surface area (Å²) in [5, 5.41) is 0. The van der Waals surface area contributed by atoms with E-state index in [0.29, 0.717) is 0 Å². The first-order valence-electron chi connectivity index (χ1n) is 4.43. The largest absolute Gasteiger partial charge is 0.0991 e. The van der Waals surface area contributed by atoms with Crippen LogP contribution in [0.15, 0.2) is 48.6 Å². The van der Waals surface area contributed by atoms with Gasteiger partial charge in [-0.2, -0.15) is 0 Å². The van der Waals surface area contributed by atoms with Crippen molar-refractivity contribution in [1.29, 1.82) is 0 Å². The van der Waals surface area contributed by atoms with Crippen LogP contribution in [0.5, 0.6) is 0 Å². The molecule has 0 fully saturated rings. The highest BCUT2D eigenvalue weighted by Crippen LogP contribution is 2.28. The van der Waals surface area contributed by atoms with Gasteiger partial charge in [-0.15, -0.1) is 0 Å². The van der Waals surface area contributed by atoms with Crippen molar-refractivity contribution in [3.8, 4) is 0 Å². The van der Waals surface area contributed by atoms with Gasteiger partial charge < -0.3 is 0 Å². The third-order valence-corrected chi connectivity index (χ3v) is 2.20. The van der Waals surface area contributed by atoms with Gasteiger partial charge in [0.25, 0.3) is 0 Å². The van der Waals surface area contributed by atoms with Crippen molar-refractivity contribution in [2.45, 2.75) is 19.8 Å². The molecule has 1 unspecified atom stereocenters. The molecule has 0 heteroatoms. The number of rotatable bonds is 3. The third-order valence-electron chi connectivity index (χ3n) is 2.20. The van der Waals surface area contributed by atoms with Crippen molar-refractivity contribution < 1.29 is 0 Å². The van der Waals surface area contributed by atoms with E-state index in [1.54, 1.807) is 6.08 Å². The minimum atomic E-state index is 0.730. The molecule has 0 aromatic carbocycles. The lowest BCUT2D eigenvalue weighted by molar-refractivity contribution is 0.699. The second-order valence-electron chi connectivity index (χ2n) is 3.33. The molecule has 0 N–H and O–H groups in total. The minimum Gasteiger partial charge on any atom is -0.0991 e. The van der Waals surface area contributed by atoms with E-state index in [1.165, 1.54) is 18.4 Å². The zero-order valence-electron chi connectivity index (χ0n) is 7.72. The van der Waals surface area contributed by atoms with Gasteiger partial charge in [0.2, 0.25) is 0 Å². The molecule has 12 heavy (non-hydrogen) atoms. The summed E-state index contributed by atoms with van der Waals surface area (Å²) in [5.74, 6) is 0.730. The van der Waals surface area contributed by atoms with Gasteiger partial charge in [-0.05, 0) is 29.9 Å². The van der Waals surface area contributed by atoms with Crippen molar-refractivity contribution in [3.63, 3.8) is 0 Å². The van der Waals surface area contributed by atoms with Crippen LogP contribution in [-0.4, -0.2) is 0 Å². The standard InChI is InChI=1S/C12H16/c1-4-5-6-11(3)12-8-7-10(2)9-12/h4-6,9-10H,1,3,7-8H2,2H3/b6-5-. The van der Waals surface area contributed by atoms with Crippen LogP contribution in [0.1, 0.15) is 19.8 Å². The van der Waals surface area contributed by atoms with E-state index in [-0.39, 0.29) is 0 Å². The fraction of sp³-hybridized carbons (Fsp3) is 0.333. The Morgan fingerprint density at radius 1 is 1.67 bits per heavy atom.